The molecule has 1 N–H and O–H groups in total. The minimum atomic E-state index is 0.0358. The third kappa shape index (κ3) is 2.72. The fourth-order valence-electron chi connectivity index (χ4n) is 2.13. The van der Waals surface area contributed by atoms with Crippen LogP contribution in [0.2, 0.25) is 0 Å². The van der Waals surface area contributed by atoms with Crippen molar-refractivity contribution in [2.45, 2.75) is 12.8 Å². The van der Waals surface area contributed by atoms with Crippen molar-refractivity contribution < 1.29 is 4.79 Å². The molecule has 0 aliphatic carbocycles. The van der Waals surface area contributed by atoms with Crippen molar-refractivity contribution in [2.75, 3.05) is 5.32 Å². The summed E-state index contributed by atoms with van der Waals surface area (Å²) in [5.41, 5.74) is 2.75. The normalized spacial score (nSPS) is 10.8. The molecule has 0 saturated heterocycles. The molecule has 3 rings (SSSR count). The van der Waals surface area contributed by atoms with E-state index in [1.54, 1.807) is 17.7 Å². The van der Waals surface area contributed by atoms with Crippen LogP contribution in [0.5, 0.6) is 0 Å². The van der Waals surface area contributed by atoms with Crippen LogP contribution in [0.25, 0.3) is 11.0 Å². The largest absolute Gasteiger partial charge is 0.334 e. The minimum Gasteiger partial charge on any atom is -0.334 e. The maximum absolute atomic E-state index is 11.9. The van der Waals surface area contributed by atoms with Gasteiger partial charge in [-0.3, -0.25) is 4.79 Å². The van der Waals surface area contributed by atoms with Crippen molar-refractivity contribution in [3.8, 4) is 0 Å². The molecule has 0 radical (unpaired) electrons. The van der Waals surface area contributed by atoms with Crippen LogP contribution in [-0.4, -0.2) is 15.5 Å². The van der Waals surface area contributed by atoms with E-state index in [2.05, 4.69) is 16.4 Å². The van der Waals surface area contributed by atoms with Gasteiger partial charge in [0.05, 0.1) is 17.4 Å². The Bertz CT molecular complexity index is 731. The lowest BCUT2D eigenvalue weighted by Crippen LogP contribution is -2.11. The summed E-state index contributed by atoms with van der Waals surface area (Å²) in [6, 6.07) is 9.84. The highest BCUT2D eigenvalue weighted by Gasteiger charge is 2.06. The third-order valence-electron chi connectivity index (χ3n) is 3.19. The van der Waals surface area contributed by atoms with E-state index in [1.807, 2.05) is 41.3 Å². The molecule has 1 aromatic carbocycles. The summed E-state index contributed by atoms with van der Waals surface area (Å²) in [5.74, 6) is 0.0358. The van der Waals surface area contributed by atoms with E-state index in [-0.39, 0.29) is 5.91 Å². The standard InChI is InChI=1S/C15H15N3OS/c1-18-10-16-13-9-11(4-6-14(13)18)17-15(19)7-5-12-3-2-8-20-12/h2-4,6,8-10H,5,7H2,1H3,(H,17,19). The maximum atomic E-state index is 11.9. The predicted molar refractivity (Wildman–Crippen MR) is 82.0 cm³/mol. The van der Waals surface area contributed by atoms with Gasteiger partial charge in [-0.05, 0) is 36.1 Å². The average molecular weight is 285 g/mol. The fourth-order valence-corrected chi connectivity index (χ4v) is 2.84. The highest BCUT2D eigenvalue weighted by molar-refractivity contribution is 7.09. The van der Waals surface area contributed by atoms with Gasteiger partial charge in [-0.25, -0.2) is 4.98 Å². The molecule has 1 amide bonds. The van der Waals surface area contributed by atoms with Crippen LogP contribution >= 0.6 is 11.3 Å². The number of hydrogen-bond donors (Lipinski definition) is 1. The zero-order valence-electron chi connectivity index (χ0n) is 11.2. The van der Waals surface area contributed by atoms with Gasteiger partial charge in [-0.15, -0.1) is 11.3 Å². The molecule has 0 spiro atoms. The Hall–Kier alpha value is -2.14. The molecule has 0 aliphatic heterocycles. The topological polar surface area (TPSA) is 46.9 Å². The molecule has 2 heterocycles. The van der Waals surface area contributed by atoms with E-state index < -0.39 is 0 Å². The molecule has 0 atom stereocenters. The smallest absolute Gasteiger partial charge is 0.224 e. The molecular formula is C15H15N3OS. The molecule has 2 aromatic heterocycles. The first-order valence-electron chi connectivity index (χ1n) is 6.46. The predicted octanol–water partition coefficient (Wildman–Crippen LogP) is 3.21. The van der Waals surface area contributed by atoms with Gasteiger partial charge in [0.2, 0.25) is 5.91 Å². The van der Waals surface area contributed by atoms with Crippen LogP contribution in [0.4, 0.5) is 5.69 Å². The second-order valence-corrected chi connectivity index (χ2v) is 5.72. The number of aromatic nitrogens is 2. The Morgan fingerprint density at radius 3 is 3.10 bits per heavy atom. The zero-order valence-corrected chi connectivity index (χ0v) is 12.0. The number of hydrogen-bond acceptors (Lipinski definition) is 3. The van der Waals surface area contributed by atoms with Gasteiger partial charge in [0.25, 0.3) is 0 Å². The molecule has 102 valence electrons. The van der Waals surface area contributed by atoms with Crippen LogP contribution in [0, 0.1) is 0 Å². The maximum Gasteiger partial charge on any atom is 0.224 e. The van der Waals surface area contributed by atoms with E-state index in [9.17, 15) is 4.79 Å². The van der Waals surface area contributed by atoms with Gasteiger partial charge in [-0.2, -0.15) is 0 Å². The zero-order chi connectivity index (χ0) is 13.9. The van der Waals surface area contributed by atoms with E-state index in [0.717, 1.165) is 23.1 Å². The number of fused-ring (bicyclic) bond motifs is 1. The highest BCUT2D eigenvalue weighted by Crippen LogP contribution is 2.18. The Balaban J connectivity index is 1.64. The summed E-state index contributed by atoms with van der Waals surface area (Å²) in [6.07, 6.45) is 3.06. The molecule has 20 heavy (non-hydrogen) atoms. The molecule has 5 heteroatoms. The van der Waals surface area contributed by atoms with Crippen molar-refractivity contribution in [3.63, 3.8) is 0 Å². The number of thiophene rings is 1. The number of anilines is 1. The Labute approximate surface area is 121 Å². The number of nitrogens with one attached hydrogen (secondary N) is 1. The molecule has 0 saturated carbocycles. The van der Waals surface area contributed by atoms with Crippen molar-refractivity contribution in [1.29, 1.82) is 0 Å². The highest BCUT2D eigenvalue weighted by atomic mass is 32.1. The molecule has 0 bridgehead atoms. The molecule has 0 fully saturated rings. The molecule has 0 unspecified atom stereocenters. The first kappa shape index (κ1) is 12.9. The summed E-state index contributed by atoms with van der Waals surface area (Å²) >= 11 is 1.68. The second-order valence-electron chi connectivity index (χ2n) is 4.69. The number of benzene rings is 1. The van der Waals surface area contributed by atoms with Crippen molar-refractivity contribution in [3.05, 3.63) is 46.9 Å². The second kappa shape index (κ2) is 5.46. The van der Waals surface area contributed by atoms with Gasteiger partial charge in [0.1, 0.15) is 0 Å². The van der Waals surface area contributed by atoms with Crippen LogP contribution in [-0.2, 0) is 18.3 Å². The number of nitrogens with zero attached hydrogens (tertiary/aromatic N) is 2. The van der Waals surface area contributed by atoms with E-state index in [4.69, 9.17) is 0 Å². The summed E-state index contributed by atoms with van der Waals surface area (Å²) < 4.78 is 1.96. The molecule has 4 nitrogen and oxygen atoms in total. The average Bonchev–Trinajstić information content (AvgIpc) is 3.07. The lowest BCUT2D eigenvalue weighted by molar-refractivity contribution is -0.116. The summed E-state index contributed by atoms with van der Waals surface area (Å²) in [5, 5.41) is 4.95. The molecular weight excluding hydrogens is 270 g/mol. The van der Waals surface area contributed by atoms with Crippen LogP contribution in [0.3, 0.4) is 0 Å². The summed E-state index contributed by atoms with van der Waals surface area (Å²) in [6.45, 7) is 0. The number of carbonyl (C=O) groups is 1. The van der Waals surface area contributed by atoms with Gasteiger partial charge >= 0.3 is 0 Å². The fraction of sp³-hybridized carbons (Fsp3) is 0.200. The lowest BCUT2D eigenvalue weighted by Gasteiger charge is -2.05. The van der Waals surface area contributed by atoms with Crippen LogP contribution in [0.15, 0.2) is 42.0 Å². The lowest BCUT2D eigenvalue weighted by atomic mass is 10.2. The van der Waals surface area contributed by atoms with Gasteiger partial charge in [0.15, 0.2) is 0 Å². The molecule has 3 aromatic rings. The Morgan fingerprint density at radius 2 is 2.30 bits per heavy atom. The van der Waals surface area contributed by atoms with Crippen LogP contribution < -0.4 is 5.32 Å². The first-order valence-corrected chi connectivity index (χ1v) is 7.33. The van der Waals surface area contributed by atoms with Crippen molar-refractivity contribution in [1.82, 2.24) is 9.55 Å². The van der Waals surface area contributed by atoms with Gasteiger partial charge in [0, 0.05) is 24.0 Å². The van der Waals surface area contributed by atoms with Gasteiger partial charge < -0.3 is 9.88 Å². The van der Waals surface area contributed by atoms with E-state index in [0.29, 0.717) is 6.42 Å². The summed E-state index contributed by atoms with van der Waals surface area (Å²) in [7, 11) is 1.95. The Morgan fingerprint density at radius 1 is 1.40 bits per heavy atom. The minimum absolute atomic E-state index is 0.0358. The quantitative estimate of drug-likeness (QED) is 0.800. The monoisotopic (exact) mass is 285 g/mol. The van der Waals surface area contributed by atoms with Gasteiger partial charge in [-0.1, -0.05) is 6.07 Å². The molecule has 0 aliphatic rings. The number of aryl methyl sites for hydroxylation is 2. The van der Waals surface area contributed by atoms with E-state index in [1.165, 1.54) is 4.88 Å². The van der Waals surface area contributed by atoms with Crippen LogP contribution in [0.1, 0.15) is 11.3 Å². The van der Waals surface area contributed by atoms with Crippen molar-refractivity contribution in [2.24, 2.45) is 7.05 Å². The number of rotatable bonds is 4. The first-order chi connectivity index (χ1) is 9.72. The number of carbonyl (C=O) groups excluding carboxylic acids is 1. The van der Waals surface area contributed by atoms with Crippen molar-refractivity contribution >= 4 is 34.0 Å². The summed E-state index contributed by atoms with van der Waals surface area (Å²) in [4.78, 5) is 17.4. The number of imidazole rings is 1. The Kier molecular flexibility index (Phi) is 3.52. The van der Waals surface area contributed by atoms with E-state index >= 15 is 0 Å². The third-order valence-corrected chi connectivity index (χ3v) is 4.12. The SMILES string of the molecule is Cn1cnc2cc(NC(=O)CCc3cccs3)ccc21. The number of amides is 1.